The Labute approximate surface area is 141 Å². The summed E-state index contributed by atoms with van der Waals surface area (Å²) in [6, 6.07) is 10.8. The fourth-order valence-electron chi connectivity index (χ4n) is 2.29. The molecule has 2 rings (SSSR count). The second-order valence-electron chi connectivity index (χ2n) is 4.87. The zero-order valence-electron chi connectivity index (χ0n) is 14.2. The van der Waals surface area contributed by atoms with Crippen molar-refractivity contribution in [1.82, 2.24) is 0 Å². The Kier molecular flexibility index (Phi) is 5.84. The van der Waals surface area contributed by atoms with E-state index in [1.54, 1.807) is 33.5 Å². The van der Waals surface area contributed by atoms with Crippen LogP contribution in [0.2, 0.25) is 0 Å². The van der Waals surface area contributed by atoms with Crippen molar-refractivity contribution in [3.05, 3.63) is 53.1 Å². The molecular formula is C19H20O5. The molecule has 0 fully saturated rings. The summed E-state index contributed by atoms with van der Waals surface area (Å²) in [6.07, 6.45) is 3.83. The van der Waals surface area contributed by atoms with E-state index >= 15 is 0 Å². The summed E-state index contributed by atoms with van der Waals surface area (Å²) >= 11 is 0. The quantitative estimate of drug-likeness (QED) is 0.598. The van der Waals surface area contributed by atoms with Crippen LogP contribution in [0.1, 0.15) is 21.5 Å². The smallest absolute Gasteiger partial charge is 0.337 e. The van der Waals surface area contributed by atoms with Gasteiger partial charge >= 0.3 is 5.97 Å². The summed E-state index contributed by atoms with van der Waals surface area (Å²) in [5.41, 5.74) is 2.31. The summed E-state index contributed by atoms with van der Waals surface area (Å²) in [7, 11) is 6.09. The first-order valence-corrected chi connectivity index (χ1v) is 7.30. The number of ether oxygens (including phenoxy) is 4. The van der Waals surface area contributed by atoms with Gasteiger partial charge in [-0.25, -0.2) is 4.79 Å². The predicted octanol–water partition coefficient (Wildman–Crippen LogP) is 3.67. The second kappa shape index (κ2) is 8.06. The highest BCUT2D eigenvalue weighted by Crippen LogP contribution is 2.40. The molecule has 0 aliphatic rings. The molecule has 126 valence electrons. The van der Waals surface area contributed by atoms with Crippen LogP contribution in [0.3, 0.4) is 0 Å². The van der Waals surface area contributed by atoms with E-state index in [1.165, 1.54) is 7.11 Å². The largest absolute Gasteiger partial charge is 0.493 e. The molecule has 5 nitrogen and oxygen atoms in total. The van der Waals surface area contributed by atoms with Crippen LogP contribution in [-0.4, -0.2) is 34.4 Å². The minimum atomic E-state index is -0.355. The summed E-state index contributed by atoms with van der Waals surface area (Å²) in [5, 5.41) is 0. The van der Waals surface area contributed by atoms with E-state index in [0.29, 0.717) is 22.8 Å². The summed E-state index contributed by atoms with van der Waals surface area (Å²) in [6.45, 7) is 0. The molecule has 0 spiro atoms. The normalized spacial score (nSPS) is 10.5. The zero-order valence-corrected chi connectivity index (χ0v) is 14.2. The Bertz CT molecular complexity index is 732. The SMILES string of the molecule is COC(=O)c1ccc(C=Cc2ccc(OC)c(OC)c2OC)cc1. The number of hydrogen-bond donors (Lipinski definition) is 0. The molecule has 0 heterocycles. The Hall–Kier alpha value is -2.95. The van der Waals surface area contributed by atoms with Crippen molar-refractivity contribution in [2.24, 2.45) is 0 Å². The van der Waals surface area contributed by atoms with Crippen molar-refractivity contribution in [2.45, 2.75) is 0 Å². The van der Waals surface area contributed by atoms with Crippen LogP contribution in [-0.2, 0) is 4.74 Å². The first kappa shape index (κ1) is 17.4. The summed E-state index contributed by atoms with van der Waals surface area (Å²) in [4.78, 5) is 11.4. The molecule has 0 saturated heterocycles. The fraction of sp³-hybridized carbons (Fsp3) is 0.211. The lowest BCUT2D eigenvalue weighted by atomic mass is 10.1. The number of esters is 1. The van der Waals surface area contributed by atoms with Crippen LogP contribution in [0.25, 0.3) is 12.2 Å². The van der Waals surface area contributed by atoms with E-state index in [2.05, 4.69) is 4.74 Å². The Morgan fingerprint density at radius 2 is 1.46 bits per heavy atom. The van der Waals surface area contributed by atoms with Gasteiger partial charge in [0.1, 0.15) is 0 Å². The fourth-order valence-corrected chi connectivity index (χ4v) is 2.29. The van der Waals surface area contributed by atoms with Gasteiger partial charge in [-0.3, -0.25) is 0 Å². The lowest BCUT2D eigenvalue weighted by molar-refractivity contribution is 0.0600. The van der Waals surface area contributed by atoms with Gasteiger partial charge in [0.05, 0.1) is 34.0 Å². The number of hydrogen-bond acceptors (Lipinski definition) is 5. The van der Waals surface area contributed by atoms with E-state index in [0.717, 1.165) is 11.1 Å². The highest BCUT2D eigenvalue weighted by Gasteiger charge is 2.14. The molecule has 0 N–H and O–H groups in total. The third-order valence-corrected chi connectivity index (χ3v) is 3.52. The standard InChI is InChI=1S/C19H20O5/c1-21-16-12-11-14(17(22-2)18(16)23-3)8-5-13-6-9-15(10-7-13)19(20)24-4/h5-12H,1-4H3. The number of rotatable bonds is 6. The van der Waals surface area contributed by atoms with Gasteiger partial charge < -0.3 is 18.9 Å². The van der Waals surface area contributed by atoms with Crippen molar-refractivity contribution >= 4 is 18.1 Å². The van der Waals surface area contributed by atoms with Gasteiger partial charge in [0, 0.05) is 5.56 Å². The molecule has 0 atom stereocenters. The summed E-state index contributed by atoms with van der Waals surface area (Å²) < 4.78 is 20.8. The Morgan fingerprint density at radius 3 is 2.00 bits per heavy atom. The van der Waals surface area contributed by atoms with E-state index in [4.69, 9.17) is 14.2 Å². The molecule has 0 unspecified atom stereocenters. The third-order valence-electron chi connectivity index (χ3n) is 3.52. The minimum absolute atomic E-state index is 0.355. The van der Waals surface area contributed by atoms with E-state index in [9.17, 15) is 4.79 Å². The first-order chi connectivity index (χ1) is 11.6. The van der Waals surface area contributed by atoms with Crippen molar-refractivity contribution in [3.63, 3.8) is 0 Å². The molecule has 0 saturated carbocycles. The molecule has 0 amide bonds. The molecule has 0 aliphatic heterocycles. The molecule has 0 aromatic heterocycles. The molecule has 24 heavy (non-hydrogen) atoms. The molecule has 5 heteroatoms. The average molecular weight is 328 g/mol. The zero-order chi connectivity index (χ0) is 17.5. The van der Waals surface area contributed by atoms with Gasteiger partial charge in [-0.1, -0.05) is 24.3 Å². The molecule has 2 aromatic rings. The monoisotopic (exact) mass is 328 g/mol. The third kappa shape index (κ3) is 3.68. The average Bonchev–Trinajstić information content (AvgIpc) is 2.64. The highest BCUT2D eigenvalue weighted by atomic mass is 16.5. The maximum Gasteiger partial charge on any atom is 0.337 e. The minimum Gasteiger partial charge on any atom is -0.493 e. The van der Waals surface area contributed by atoms with E-state index < -0.39 is 0 Å². The van der Waals surface area contributed by atoms with Crippen molar-refractivity contribution in [2.75, 3.05) is 28.4 Å². The summed E-state index contributed by atoms with van der Waals surface area (Å²) in [5.74, 6) is 1.39. The number of carbonyl (C=O) groups is 1. The highest BCUT2D eigenvalue weighted by molar-refractivity contribution is 5.89. The lowest BCUT2D eigenvalue weighted by Gasteiger charge is -2.14. The van der Waals surface area contributed by atoms with Crippen molar-refractivity contribution < 1.29 is 23.7 Å². The van der Waals surface area contributed by atoms with E-state index in [-0.39, 0.29) is 5.97 Å². The van der Waals surface area contributed by atoms with Crippen LogP contribution in [0, 0.1) is 0 Å². The van der Waals surface area contributed by atoms with Crippen LogP contribution in [0.5, 0.6) is 17.2 Å². The number of methoxy groups -OCH3 is 4. The first-order valence-electron chi connectivity index (χ1n) is 7.30. The van der Waals surface area contributed by atoms with Gasteiger partial charge in [-0.15, -0.1) is 0 Å². The molecular weight excluding hydrogens is 308 g/mol. The van der Waals surface area contributed by atoms with Gasteiger partial charge in [0.2, 0.25) is 5.75 Å². The van der Waals surface area contributed by atoms with Gasteiger partial charge in [0.15, 0.2) is 11.5 Å². The van der Waals surface area contributed by atoms with Crippen molar-refractivity contribution in [1.29, 1.82) is 0 Å². The Balaban J connectivity index is 2.30. The van der Waals surface area contributed by atoms with Crippen LogP contribution >= 0.6 is 0 Å². The van der Waals surface area contributed by atoms with Gasteiger partial charge in [0.25, 0.3) is 0 Å². The number of benzene rings is 2. The molecule has 2 aromatic carbocycles. The van der Waals surface area contributed by atoms with Crippen LogP contribution in [0.15, 0.2) is 36.4 Å². The second-order valence-corrected chi connectivity index (χ2v) is 4.87. The Morgan fingerprint density at radius 1 is 0.792 bits per heavy atom. The molecule has 0 aliphatic carbocycles. The van der Waals surface area contributed by atoms with Crippen LogP contribution in [0.4, 0.5) is 0 Å². The topological polar surface area (TPSA) is 54.0 Å². The maximum absolute atomic E-state index is 11.4. The van der Waals surface area contributed by atoms with Crippen LogP contribution < -0.4 is 14.2 Å². The van der Waals surface area contributed by atoms with E-state index in [1.807, 2.05) is 36.4 Å². The molecule has 0 radical (unpaired) electrons. The lowest BCUT2D eigenvalue weighted by Crippen LogP contribution is -2.00. The molecule has 0 bridgehead atoms. The predicted molar refractivity (Wildman–Crippen MR) is 92.8 cm³/mol. The maximum atomic E-state index is 11.4. The van der Waals surface area contributed by atoms with Gasteiger partial charge in [-0.05, 0) is 29.8 Å². The number of carbonyl (C=O) groups excluding carboxylic acids is 1. The van der Waals surface area contributed by atoms with Gasteiger partial charge in [-0.2, -0.15) is 0 Å². The van der Waals surface area contributed by atoms with Crippen molar-refractivity contribution in [3.8, 4) is 17.2 Å².